The molecule has 0 unspecified atom stereocenters. The van der Waals surface area contributed by atoms with Crippen LogP contribution in [-0.2, 0) is 0 Å². The van der Waals surface area contributed by atoms with Gasteiger partial charge in [-0.2, -0.15) is 0 Å². The zero-order valence-electron chi connectivity index (χ0n) is 13.7. The minimum atomic E-state index is 0.846. The van der Waals surface area contributed by atoms with Crippen molar-refractivity contribution in [1.29, 1.82) is 0 Å². The summed E-state index contributed by atoms with van der Waals surface area (Å²) in [6.45, 7) is 0. The van der Waals surface area contributed by atoms with Crippen molar-refractivity contribution < 1.29 is 0 Å². The van der Waals surface area contributed by atoms with Gasteiger partial charge >= 0.3 is 0 Å². The number of hydrogen-bond donors (Lipinski definition) is 2. The largest absolute Gasteiger partial charge is 0.360 e. The highest BCUT2D eigenvalue weighted by atomic mass is 14.9. The number of nitrogens with one attached hydrogen (secondary N) is 2. The van der Waals surface area contributed by atoms with Crippen molar-refractivity contribution in [3.05, 3.63) is 67.1 Å². The molecule has 6 aromatic rings. The van der Waals surface area contributed by atoms with Crippen molar-refractivity contribution in [2.45, 2.75) is 0 Å². The minimum Gasteiger partial charge on any atom is -0.360 e. The van der Waals surface area contributed by atoms with Gasteiger partial charge in [-0.3, -0.25) is 9.97 Å². The summed E-state index contributed by atoms with van der Waals surface area (Å²) in [4.78, 5) is 20.9. The fourth-order valence-corrected chi connectivity index (χ4v) is 3.74. The molecule has 2 aromatic carbocycles. The SMILES string of the molecule is c1ccc2c(-c3nc4c5cccnc5c5ncccc5c4[nH]3)c[nH]c2c1. The van der Waals surface area contributed by atoms with Crippen LogP contribution in [0.25, 0.3) is 55.1 Å². The molecular formula is C21H13N5. The van der Waals surface area contributed by atoms with Crippen molar-refractivity contribution in [2.75, 3.05) is 0 Å². The van der Waals surface area contributed by atoms with Crippen molar-refractivity contribution in [1.82, 2.24) is 24.9 Å². The van der Waals surface area contributed by atoms with E-state index in [1.165, 1.54) is 0 Å². The summed E-state index contributed by atoms with van der Waals surface area (Å²) in [5, 5.41) is 3.19. The van der Waals surface area contributed by atoms with Crippen LogP contribution in [0.15, 0.2) is 67.1 Å². The average molecular weight is 335 g/mol. The molecule has 0 aliphatic heterocycles. The first-order valence-electron chi connectivity index (χ1n) is 8.48. The zero-order chi connectivity index (χ0) is 17.1. The van der Waals surface area contributed by atoms with Crippen LogP contribution in [0.3, 0.4) is 0 Å². The lowest BCUT2D eigenvalue weighted by atomic mass is 10.1. The Balaban J connectivity index is 1.78. The molecule has 4 aromatic heterocycles. The number of aromatic amines is 2. The highest BCUT2D eigenvalue weighted by Gasteiger charge is 2.16. The molecule has 0 aliphatic rings. The molecule has 6 rings (SSSR count). The fraction of sp³-hybridized carbons (Fsp3) is 0. The van der Waals surface area contributed by atoms with E-state index in [2.05, 4.69) is 44.2 Å². The Morgan fingerprint density at radius 1 is 0.692 bits per heavy atom. The second-order valence-electron chi connectivity index (χ2n) is 6.36. The summed E-state index contributed by atoms with van der Waals surface area (Å²) in [6, 6.07) is 16.3. The van der Waals surface area contributed by atoms with Crippen LogP contribution < -0.4 is 0 Å². The standard InChI is InChI=1S/C21H13N5/c1-2-8-16-12(5-1)15(11-24-16)21-25-19-13-6-3-9-22-17(13)18-14(20(19)26-21)7-4-10-23-18/h1-11,24H,(H,25,26). The molecule has 0 fully saturated rings. The molecule has 122 valence electrons. The second-order valence-corrected chi connectivity index (χ2v) is 6.36. The number of H-pyrrole nitrogens is 2. The Labute approximate surface area is 147 Å². The second kappa shape index (κ2) is 4.89. The van der Waals surface area contributed by atoms with Crippen LogP contribution >= 0.6 is 0 Å². The van der Waals surface area contributed by atoms with E-state index >= 15 is 0 Å². The van der Waals surface area contributed by atoms with Crippen LogP contribution in [-0.4, -0.2) is 24.9 Å². The van der Waals surface area contributed by atoms with Gasteiger partial charge in [-0.05, 0) is 30.3 Å². The van der Waals surface area contributed by atoms with Gasteiger partial charge in [0.05, 0.1) is 22.1 Å². The third-order valence-electron chi connectivity index (χ3n) is 4.91. The molecule has 0 aliphatic carbocycles. The number of rotatable bonds is 1. The third-order valence-corrected chi connectivity index (χ3v) is 4.91. The number of para-hydroxylation sites is 1. The van der Waals surface area contributed by atoms with Gasteiger partial charge in [0.2, 0.25) is 0 Å². The maximum absolute atomic E-state index is 4.94. The molecule has 0 bridgehead atoms. The lowest BCUT2D eigenvalue weighted by Gasteiger charge is -2.03. The van der Waals surface area contributed by atoms with Crippen molar-refractivity contribution in [2.24, 2.45) is 0 Å². The van der Waals surface area contributed by atoms with E-state index in [1.54, 1.807) is 12.4 Å². The van der Waals surface area contributed by atoms with Crippen molar-refractivity contribution in [3.8, 4) is 11.4 Å². The number of hydrogen-bond acceptors (Lipinski definition) is 3. The molecule has 4 heterocycles. The molecule has 0 atom stereocenters. The first-order chi connectivity index (χ1) is 12.9. The number of pyridine rings is 2. The third kappa shape index (κ3) is 1.71. The molecule has 0 radical (unpaired) electrons. The number of imidazole rings is 1. The molecular weight excluding hydrogens is 322 g/mol. The molecule has 26 heavy (non-hydrogen) atoms. The Morgan fingerprint density at radius 2 is 1.42 bits per heavy atom. The van der Waals surface area contributed by atoms with Crippen LogP contribution in [0.2, 0.25) is 0 Å². The fourth-order valence-electron chi connectivity index (χ4n) is 3.74. The predicted molar refractivity (Wildman–Crippen MR) is 104 cm³/mol. The number of fused-ring (bicyclic) bond motifs is 7. The maximum Gasteiger partial charge on any atom is 0.140 e. The van der Waals surface area contributed by atoms with Gasteiger partial charge in [0.25, 0.3) is 0 Å². The molecule has 0 spiro atoms. The Kier molecular flexibility index (Phi) is 2.55. The van der Waals surface area contributed by atoms with E-state index in [0.29, 0.717) is 0 Å². The summed E-state index contributed by atoms with van der Waals surface area (Å²) in [5.41, 5.74) is 5.85. The van der Waals surface area contributed by atoms with Gasteiger partial charge in [0.15, 0.2) is 0 Å². The Morgan fingerprint density at radius 3 is 2.31 bits per heavy atom. The first-order valence-corrected chi connectivity index (χ1v) is 8.48. The van der Waals surface area contributed by atoms with Crippen LogP contribution in [0.5, 0.6) is 0 Å². The topological polar surface area (TPSA) is 70.2 Å². The Bertz CT molecular complexity index is 1370. The molecule has 5 heteroatoms. The lowest BCUT2D eigenvalue weighted by Crippen LogP contribution is -1.86. The van der Waals surface area contributed by atoms with E-state index in [4.69, 9.17) is 4.98 Å². The Hall–Kier alpha value is -3.73. The summed E-state index contributed by atoms with van der Waals surface area (Å²) in [5.74, 6) is 0.846. The summed E-state index contributed by atoms with van der Waals surface area (Å²) < 4.78 is 0. The summed E-state index contributed by atoms with van der Waals surface area (Å²) in [6.07, 6.45) is 5.61. The zero-order valence-corrected chi connectivity index (χ0v) is 13.7. The van der Waals surface area contributed by atoms with Gasteiger partial charge in [0.1, 0.15) is 5.82 Å². The van der Waals surface area contributed by atoms with Crippen molar-refractivity contribution in [3.63, 3.8) is 0 Å². The molecule has 2 N–H and O–H groups in total. The van der Waals surface area contributed by atoms with Gasteiger partial charge in [-0.25, -0.2) is 4.98 Å². The normalized spacial score (nSPS) is 11.8. The predicted octanol–water partition coefficient (Wildman–Crippen LogP) is 4.81. The van der Waals surface area contributed by atoms with Gasteiger partial charge in [0, 0.05) is 45.8 Å². The lowest BCUT2D eigenvalue weighted by molar-refractivity contribution is 1.34. The summed E-state index contributed by atoms with van der Waals surface area (Å²) >= 11 is 0. The molecule has 0 saturated carbocycles. The van der Waals surface area contributed by atoms with Crippen molar-refractivity contribution >= 4 is 43.7 Å². The number of aromatic nitrogens is 5. The summed E-state index contributed by atoms with van der Waals surface area (Å²) in [7, 11) is 0. The van der Waals surface area contributed by atoms with E-state index in [1.807, 2.05) is 30.5 Å². The highest BCUT2D eigenvalue weighted by molar-refractivity contribution is 6.21. The molecule has 5 nitrogen and oxygen atoms in total. The highest BCUT2D eigenvalue weighted by Crippen LogP contribution is 2.34. The van der Waals surface area contributed by atoms with Crippen LogP contribution in [0, 0.1) is 0 Å². The van der Waals surface area contributed by atoms with E-state index in [0.717, 1.165) is 55.1 Å². The number of benzene rings is 2. The molecule has 0 amide bonds. The smallest absolute Gasteiger partial charge is 0.140 e. The average Bonchev–Trinajstić information content (AvgIpc) is 3.33. The van der Waals surface area contributed by atoms with Gasteiger partial charge < -0.3 is 9.97 Å². The van der Waals surface area contributed by atoms with Gasteiger partial charge in [-0.1, -0.05) is 18.2 Å². The van der Waals surface area contributed by atoms with E-state index < -0.39 is 0 Å². The minimum absolute atomic E-state index is 0.846. The van der Waals surface area contributed by atoms with Crippen LogP contribution in [0.1, 0.15) is 0 Å². The maximum atomic E-state index is 4.94. The number of nitrogens with zero attached hydrogens (tertiary/aromatic N) is 3. The van der Waals surface area contributed by atoms with Crippen LogP contribution in [0.4, 0.5) is 0 Å². The quantitative estimate of drug-likeness (QED) is 0.424. The molecule has 0 saturated heterocycles. The van der Waals surface area contributed by atoms with E-state index in [-0.39, 0.29) is 0 Å². The van der Waals surface area contributed by atoms with E-state index in [9.17, 15) is 0 Å². The van der Waals surface area contributed by atoms with Gasteiger partial charge in [-0.15, -0.1) is 0 Å². The monoisotopic (exact) mass is 335 g/mol. The first kappa shape index (κ1) is 13.5.